The summed E-state index contributed by atoms with van der Waals surface area (Å²) in [4.78, 5) is 28.4. The number of thiophene rings is 1. The van der Waals surface area contributed by atoms with Crippen LogP contribution in [-0.4, -0.2) is 52.5 Å². The number of nitrogens with zero attached hydrogens (tertiary/aromatic N) is 2. The molecule has 1 saturated heterocycles. The molecule has 1 aromatic heterocycles. The summed E-state index contributed by atoms with van der Waals surface area (Å²) in [6.45, 7) is 4.82. The smallest absolute Gasteiger partial charge is 0.305 e. The molecular formula is C14H20N2O3S. The number of hydrogen-bond donors (Lipinski definition) is 1. The summed E-state index contributed by atoms with van der Waals surface area (Å²) in [5.41, 5.74) is 0. The van der Waals surface area contributed by atoms with E-state index >= 15 is 0 Å². The molecule has 1 aliphatic heterocycles. The molecule has 1 unspecified atom stereocenters. The van der Waals surface area contributed by atoms with Gasteiger partial charge in [-0.1, -0.05) is 13.0 Å². The zero-order chi connectivity index (χ0) is 14.5. The molecule has 6 heteroatoms. The van der Waals surface area contributed by atoms with Gasteiger partial charge in [-0.05, 0) is 17.9 Å². The monoisotopic (exact) mass is 296 g/mol. The lowest BCUT2D eigenvalue weighted by Gasteiger charge is -2.39. The molecule has 0 radical (unpaired) electrons. The van der Waals surface area contributed by atoms with Crippen LogP contribution in [0, 0.1) is 0 Å². The van der Waals surface area contributed by atoms with Crippen molar-refractivity contribution in [2.75, 3.05) is 19.6 Å². The van der Waals surface area contributed by atoms with Crippen molar-refractivity contribution >= 4 is 23.2 Å². The van der Waals surface area contributed by atoms with Crippen LogP contribution in [0.3, 0.4) is 0 Å². The van der Waals surface area contributed by atoms with Crippen LogP contribution >= 0.6 is 11.3 Å². The Kier molecular flexibility index (Phi) is 5.14. The number of carboxylic acids is 1. The second-order valence-corrected chi connectivity index (χ2v) is 6.02. The largest absolute Gasteiger partial charge is 0.481 e. The van der Waals surface area contributed by atoms with Gasteiger partial charge in [0.05, 0.1) is 6.42 Å². The standard InChI is InChI=1S/C14H20N2O3S/c1-2-5-15-6-7-16(10-11-4-3-8-20-11)12(14(15)19)9-13(17)18/h3-4,8,12H,2,5-7,9-10H2,1H3,(H,17,18). The van der Waals surface area contributed by atoms with E-state index in [1.54, 1.807) is 16.2 Å². The summed E-state index contributed by atoms with van der Waals surface area (Å²) in [5.74, 6) is -0.963. The van der Waals surface area contributed by atoms with Gasteiger partial charge in [0.2, 0.25) is 5.91 Å². The van der Waals surface area contributed by atoms with E-state index in [0.717, 1.165) is 17.8 Å². The van der Waals surface area contributed by atoms with E-state index in [4.69, 9.17) is 5.11 Å². The van der Waals surface area contributed by atoms with E-state index < -0.39 is 12.0 Å². The van der Waals surface area contributed by atoms with Crippen molar-refractivity contribution in [3.63, 3.8) is 0 Å². The van der Waals surface area contributed by atoms with E-state index in [-0.39, 0.29) is 12.3 Å². The summed E-state index contributed by atoms with van der Waals surface area (Å²) in [6, 6.07) is 3.46. The van der Waals surface area contributed by atoms with E-state index in [1.165, 1.54) is 0 Å². The first kappa shape index (κ1) is 15.0. The van der Waals surface area contributed by atoms with Gasteiger partial charge in [0, 0.05) is 31.1 Å². The minimum Gasteiger partial charge on any atom is -0.481 e. The number of amides is 1. The fourth-order valence-electron chi connectivity index (χ4n) is 2.55. The molecule has 0 saturated carbocycles. The number of piperazine rings is 1. The Morgan fingerprint density at radius 2 is 2.30 bits per heavy atom. The van der Waals surface area contributed by atoms with Gasteiger partial charge in [0.15, 0.2) is 0 Å². The number of carbonyl (C=O) groups is 2. The van der Waals surface area contributed by atoms with Gasteiger partial charge in [-0.25, -0.2) is 0 Å². The average molecular weight is 296 g/mol. The summed E-state index contributed by atoms with van der Waals surface area (Å²) >= 11 is 1.64. The third-order valence-electron chi connectivity index (χ3n) is 3.50. The first-order valence-corrected chi connectivity index (χ1v) is 7.76. The maximum atomic E-state index is 12.4. The molecule has 2 heterocycles. The van der Waals surface area contributed by atoms with E-state index in [0.29, 0.717) is 19.6 Å². The van der Waals surface area contributed by atoms with Crippen LogP contribution in [0.1, 0.15) is 24.6 Å². The normalized spacial score (nSPS) is 20.4. The van der Waals surface area contributed by atoms with Crippen molar-refractivity contribution in [2.24, 2.45) is 0 Å². The second kappa shape index (κ2) is 6.85. The Morgan fingerprint density at radius 3 is 2.90 bits per heavy atom. The lowest BCUT2D eigenvalue weighted by atomic mass is 10.1. The quantitative estimate of drug-likeness (QED) is 0.867. The van der Waals surface area contributed by atoms with Crippen molar-refractivity contribution in [2.45, 2.75) is 32.4 Å². The van der Waals surface area contributed by atoms with E-state index in [9.17, 15) is 9.59 Å². The molecule has 1 amide bonds. The van der Waals surface area contributed by atoms with Gasteiger partial charge in [0.1, 0.15) is 6.04 Å². The molecule has 1 atom stereocenters. The first-order valence-electron chi connectivity index (χ1n) is 6.88. The summed E-state index contributed by atoms with van der Waals surface area (Å²) < 4.78 is 0. The van der Waals surface area contributed by atoms with Crippen molar-refractivity contribution in [1.82, 2.24) is 9.80 Å². The molecule has 0 aromatic carbocycles. The topological polar surface area (TPSA) is 60.9 Å². The molecule has 1 N–H and O–H groups in total. The minimum absolute atomic E-state index is 0.0444. The van der Waals surface area contributed by atoms with Crippen molar-refractivity contribution in [1.29, 1.82) is 0 Å². The molecule has 1 aliphatic rings. The Hall–Kier alpha value is -1.40. The number of carboxylic acid groups (broad SMARTS) is 1. The fourth-order valence-corrected chi connectivity index (χ4v) is 3.28. The molecular weight excluding hydrogens is 276 g/mol. The number of carbonyl (C=O) groups excluding carboxylic acids is 1. The number of hydrogen-bond acceptors (Lipinski definition) is 4. The molecule has 2 rings (SSSR count). The predicted octanol–water partition coefficient (Wildman–Crippen LogP) is 1.65. The van der Waals surface area contributed by atoms with Gasteiger partial charge >= 0.3 is 5.97 Å². The molecule has 5 nitrogen and oxygen atoms in total. The number of aliphatic carboxylic acids is 1. The minimum atomic E-state index is -0.919. The third kappa shape index (κ3) is 3.58. The van der Waals surface area contributed by atoms with Crippen LogP contribution in [0.25, 0.3) is 0 Å². The Bertz CT molecular complexity index is 461. The maximum absolute atomic E-state index is 12.4. The average Bonchev–Trinajstić information content (AvgIpc) is 2.90. The Morgan fingerprint density at radius 1 is 1.50 bits per heavy atom. The van der Waals surface area contributed by atoms with Crippen molar-refractivity contribution < 1.29 is 14.7 Å². The maximum Gasteiger partial charge on any atom is 0.305 e. The van der Waals surface area contributed by atoms with Crippen molar-refractivity contribution in [3.8, 4) is 0 Å². The summed E-state index contributed by atoms with van der Waals surface area (Å²) in [7, 11) is 0. The molecule has 0 aliphatic carbocycles. The van der Waals surface area contributed by atoms with Gasteiger partial charge < -0.3 is 10.0 Å². The molecule has 1 fully saturated rings. The Balaban J connectivity index is 2.09. The molecule has 0 bridgehead atoms. The second-order valence-electron chi connectivity index (χ2n) is 4.99. The van der Waals surface area contributed by atoms with Crippen LogP contribution in [0.4, 0.5) is 0 Å². The highest BCUT2D eigenvalue weighted by Crippen LogP contribution is 2.20. The summed E-state index contributed by atoms with van der Waals surface area (Å²) in [6.07, 6.45) is 0.779. The predicted molar refractivity (Wildman–Crippen MR) is 77.6 cm³/mol. The van der Waals surface area contributed by atoms with Crippen LogP contribution in [-0.2, 0) is 16.1 Å². The highest BCUT2D eigenvalue weighted by molar-refractivity contribution is 7.09. The zero-order valence-electron chi connectivity index (χ0n) is 11.6. The van der Waals surface area contributed by atoms with Gasteiger partial charge in [0.25, 0.3) is 0 Å². The van der Waals surface area contributed by atoms with Gasteiger partial charge in [-0.3, -0.25) is 14.5 Å². The SMILES string of the molecule is CCCN1CCN(Cc2cccs2)C(CC(=O)O)C1=O. The van der Waals surface area contributed by atoms with Crippen LogP contribution < -0.4 is 0 Å². The first-order chi connectivity index (χ1) is 9.61. The van der Waals surface area contributed by atoms with Gasteiger partial charge in [-0.15, -0.1) is 11.3 Å². The Labute approximate surface area is 122 Å². The highest BCUT2D eigenvalue weighted by Gasteiger charge is 2.35. The van der Waals surface area contributed by atoms with Gasteiger partial charge in [-0.2, -0.15) is 0 Å². The van der Waals surface area contributed by atoms with E-state index in [1.807, 2.05) is 29.3 Å². The highest BCUT2D eigenvalue weighted by atomic mass is 32.1. The molecule has 0 spiro atoms. The van der Waals surface area contributed by atoms with Crippen LogP contribution in [0.5, 0.6) is 0 Å². The lowest BCUT2D eigenvalue weighted by molar-refractivity contribution is -0.149. The molecule has 1 aromatic rings. The van der Waals surface area contributed by atoms with Crippen LogP contribution in [0.15, 0.2) is 17.5 Å². The van der Waals surface area contributed by atoms with Crippen molar-refractivity contribution in [3.05, 3.63) is 22.4 Å². The summed E-state index contributed by atoms with van der Waals surface area (Å²) in [5, 5.41) is 11.0. The van der Waals surface area contributed by atoms with E-state index in [2.05, 4.69) is 0 Å². The van der Waals surface area contributed by atoms with Crippen LogP contribution in [0.2, 0.25) is 0 Å². The molecule has 20 heavy (non-hydrogen) atoms. The molecule has 110 valence electrons. The fraction of sp³-hybridized carbons (Fsp3) is 0.571. The lowest BCUT2D eigenvalue weighted by Crippen LogP contribution is -2.57. The number of rotatable bonds is 6. The zero-order valence-corrected chi connectivity index (χ0v) is 12.4. The third-order valence-corrected chi connectivity index (χ3v) is 4.36.